The fourth-order valence-corrected chi connectivity index (χ4v) is 10.4. The first-order chi connectivity index (χ1) is 25.8. The molecule has 4 atom stereocenters. The predicted molar refractivity (Wildman–Crippen MR) is 212 cm³/mol. The Morgan fingerprint density at radius 1 is 0.741 bits per heavy atom. The molecule has 16 heteroatoms. The normalized spacial score (nSPS) is 20.9. The molecular weight excluding hydrogens is 818 g/mol. The Kier molecular flexibility index (Phi) is 13.5. The molecule has 10 nitrogen and oxygen atoms in total. The molecule has 0 aliphatic carbocycles. The van der Waals surface area contributed by atoms with Gasteiger partial charge >= 0.3 is 11.9 Å². The summed E-state index contributed by atoms with van der Waals surface area (Å²) >= 11 is 27.0. The summed E-state index contributed by atoms with van der Waals surface area (Å²) in [5, 5.41) is 28.0. The lowest BCUT2D eigenvalue weighted by atomic mass is 9.89. The number of nitrogens with one attached hydrogen (secondary N) is 2. The highest BCUT2D eigenvalue weighted by Crippen LogP contribution is 2.42. The number of benzene rings is 4. The topological polar surface area (TPSA) is 151 Å². The first-order valence-electron chi connectivity index (χ1n) is 17.0. The van der Waals surface area contributed by atoms with E-state index >= 15 is 0 Å². The molecule has 54 heavy (non-hydrogen) atoms. The van der Waals surface area contributed by atoms with Crippen LogP contribution >= 0.6 is 58.2 Å². The first kappa shape index (κ1) is 40.8. The van der Waals surface area contributed by atoms with Crippen molar-refractivity contribution in [3.8, 4) is 11.1 Å². The standard InChI is InChI=1S/C38H36Cl4N2O8S2/c39-29-7-5-22(14-30(29)40)35-23(17-43-9-11-51-35)19-53-33-8-6-21(13-28(33)38(47)48)26-15-31(41)32(42)16-27(26)36-24(18-44-10-12-52-36)20-54(49,50)34-4-2-1-3-25(34)37(45)46/h1-8,13-16,23-24,35-36,43-44H,9-12,17-20H2,(H,45,46)(H,47,48)/t23-,24-,35-,36+/m0/s1. The third kappa shape index (κ3) is 9.38. The lowest BCUT2D eigenvalue weighted by molar-refractivity contribution is 0.0373. The number of carboxylic acid groups (broad SMARTS) is 2. The zero-order valence-electron chi connectivity index (χ0n) is 28.6. The van der Waals surface area contributed by atoms with Crippen molar-refractivity contribution in [3.05, 3.63) is 115 Å². The minimum Gasteiger partial charge on any atom is -0.478 e. The zero-order chi connectivity index (χ0) is 38.6. The van der Waals surface area contributed by atoms with Crippen molar-refractivity contribution in [2.75, 3.05) is 50.9 Å². The summed E-state index contributed by atoms with van der Waals surface area (Å²) in [5.74, 6) is -3.12. The second-order valence-electron chi connectivity index (χ2n) is 12.9. The summed E-state index contributed by atoms with van der Waals surface area (Å²) in [6.07, 6.45) is -1.13. The number of aromatic carboxylic acids is 2. The fourth-order valence-electron chi connectivity index (χ4n) is 6.79. The summed E-state index contributed by atoms with van der Waals surface area (Å²) in [4.78, 5) is 24.9. The average Bonchev–Trinajstić information content (AvgIpc) is 3.53. The highest BCUT2D eigenvalue weighted by atomic mass is 35.5. The Labute approximate surface area is 337 Å². The Morgan fingerprint density at radius 2 is 1.39 bits per heavy atom. The van der Waals surface area contributed by atoms with E-state index in [0.717, 1.165) is 5.56 Å². The Balaban J connectivity index is 1.33. The molecular formula is C38H36Cl4N2O8S2. The van der Waals surface area contributed by atoms with Gasteiger partial charge in [-0.15, -0.1) is 11.8 Å². The van der Waals surface area contributed by atoms with Crippen molar-refractivity contribution >= 4 is 79.9 Å². The molecule has 2 aliphatic heterocycles. The van der Waals surface area contributed by atoms with Gasteiger partial charge in [0.25, 0.3) is 0 Å². The van der Waals surface area contributed by atoms with Gasteiger partial charge in [0.05, 0.1) is 67.3 Å². The molecule has 0 saturated carbocycles. The van der Waals surface area contributed by atoms with Crippen LogP contribution < -0.4 is 10.6 Å². The van der Waals surface area contributed by atoms with Crippen LogP contribution in [-0.4, -0.2) is 81.5 Å². The number of sulfone groups is 1. The van der Waals surface area contributed by atoms with Gasteiger partial charge in [0.2, 0.25) is 0 Å². The van der Waals surface area contributed by atoms with E-state index in [1.165, 1.54) is 36.0 Å². The lowest BCUT2D eigenvalue weighted by Gasteiger charge is -2.28. The molecule has 4 N–H and O–H groups in total. The average molecular weight is 855 g/mol. The van der Waals surface area contributed by atoms with E-state index in [2.05, 4.69) is 10.6 Å². The van der Waals surface area contributed by atoms with Crippen LogP contribution in [0.25, 0.3) is 11.1 Å². The van der Waals surface area contributed by atoms with Gasteiger partial charge in [-0.25, -0.2) is 18.0 Å². The van der Waals surface area contributed by atoms with E-state index in [-0.39, 0.29) is 51.2 Å². The first-order valence-corrected chi connectivity index (χ1v) is 21.1. The molecule has 0 spiro atoms. The maximum atomic E-state index is 13.8. The highest BCUT2D eigenvalue weighted by molar-refractivity contribution is 7.99. The molecule has 0 radical (unpaired) electrons. The maximum Gasteiger partial charge on any atom is 0.337 e. The number of hydrogen-bond donors (Lipinski definition) is 4. The molecule has 0 amide bonds. The van der Waals surface area contributed by atoms with Gasteiger partial charge < -0.3 is 30.3 Å². The second-order valence-corrected chi connectivity index (χ2v) is 17.6. The summed E-state index contributed by atoms with van der Waals surface area (Å²) in [7, 11) is -4.12. The van der Waals surface area contributed by atoms with Gasteiger partial charge in [-0.05, 0) is 70.8 Å². The molecule has 4 aromatic rings. The van der Waals surface area contributed by atoms with Crippen LogP contribution in [-0.2, 0) is 19.3 Å². The van der Waals surface area contributed by atoms with Gasteiger partial charge in [0.15, 0.2) is 9.84 Å². The van der Waals surface area contributed by atoms with Crippen LogP contribution in [0.4, 0.5) is 0 Å². The zero-order valence-corrected chi connectivity index (χ0v) is 33.2. The molecule has 2 fully saturated rings. The van der Waals surface area contributed by atoms with Crippen molar-refractivity contribution in [1.29, 1.82) is 0 Å². The molecule has 0 aromatic heterocycles. The van der Waals surface area contributed by atoms with E-state index in [9.17, 15) is 28.2 Å². The fraction of sp³-hybridized carbons (Fsp3) is 0.316. The summed E-state index contributed by atoms with van der Waals surface area (Å²) < 4.78 is 40.1. The minimum atomic E-state index is -4.12. The van der Waals surface area contributed by atoms with Crippen LogP contribution in [0.2, 0.25) is 20.1 Å². The summed E-state index contributed by atoms with van der Waals surface area (Å²) in [5.41, 5.74) is 2.17. The Hall–Kier alpha value is -2.88. The van der Waals surface area contributed by atoms with E-state index in [1.807, 2.05) is 6.07 Å². The molecule has 4 aromatic carbocycles. The molecule has 2 aliphatic rings. The van der Waals surface area contributed by atoms with Crippen LogP contribution in [0.3, 0.4) is 0 Å². The number of thioether (sulfide) groups is 1. The van der Waals surface area contributed by atoms with Gasteiger partial charge in [0.1, 0.15) is 0 Å². The molecule has 2 saturated heterocycles. The van der Waals surface area contributed by atoms with E-state index in [4.69, 9.17) is 55.9 Å². The molecule has 6 rings (SSSR count). The molecule has 0 unspecified atom stereocenters. The predicted octanol–water partition coefficient (Wildman–Crippen LogP) is 8.18. The van der Waals surface area contributed by atoms with Gasteiger partial charge in [-0.2, -0.15) is 0 Å². The van der Waals surface area contributed by atoms with Crippen molar-refractivity contribution < 1.29 is 37.7 Å². The third-order valence-corrected chi connectivity index (χ3v) is 14.0. The minimum absolute atomic E-state index is 0.0330. The number of halogens is 4. The quantitative estimate of drug-likeness (QED) is 0.108. The van der Waals surface area contributed by atoms with Crippen LogP contribution in [0.1, 0.15) is 44.1 Å². The van der Waals surface area contributed by atoms with Gasteiger partial charge in [0, 0.05) is 48.7 Å². The van der Waals surface area contributed by atoms with Gasteiger partial charge in [-0.1, -0.05) is 70.7 Å². The number of carbonyl (C=O) groups is 2. The summed E-state index contributed by atoms with van der Waals surface area (Å²) in [6.45, 7) is 2.72. The summed E-state index contributed by atoms with van der Waals surface area (Å²) in [6, 6.07) is 19.2. The van der Waals surface area contributed by atoms with Crippen molar-refractivity contribution in [2.24, 2.45) is 11.8 Å². The van der Waals surface area contributed by atoms with Crippen LogP contribution in [0, 0.1) is 11.8 Å². The molecule has 286 valence electrons. The van der Waals surface area contributed by atoms with Crippen LogP contribution in [0.15, 0.2) is 82.6 Å². The number of rotatable bonds is 11. The number of ether oxygens (including phenoxy) is 2. The van der Waals surface area contributed by atoms with Crippen molar-refractivity contribution in [1.82, 2.24) is 10.6 Å². The lowest BCUT2D eigenvalue weighted by Crippen LogP contribution is -2.31. The smallest absolute Gasteiger partial charge is 0.337 e. The maximum absolute atomic E-state index is 13.8. The van der Waals surface area contributed by atoms with Gasteiger partial charge in [-0.3, -0.25) is 0 Å². The van der Waals surface area contributed by atoms with E-state index in [1.54, 1.807) is 42.5 Å². The Bertz CT molecular complexity index is 2160. The largest absolute Gasteiger partial charge is 0.478 e. The number of carboxylic acids is 2. The van der Waals surface area contributed by atoms with Crippen molar-refractivity contribution in [2.45, 2.75) is 22.0 Å². The van der Waals surface area contributed by atoms with E-state index in [0.29, 0.717) is 63.6 Å². The molecule has 0 bridgehead atoms. The third-order valence-electron chi connectivity index (χ3n) is 9.35. The highest BCUT2D eigenvalue weighted by Gasteiger charge is 2.35. The monoisotopic (exact) mass is 852 g/mol. The van der Waals surface area contributed by atoms with E-state index < -0.39 is 39.6 Å². The molecule has 2 heterocycles. The van der Waals surface area contributed by atoms with Crippen molar-refractivity contribution in [3.63, 3.8) is 0 Å². The number of hydrogen-bond acceptors (Lipinski definition) is 9. The Morgan fingerprint density at radius 3 is 2.09 bits per heavy atom. The SMILES string of the molecule is O=C(O)c1cc(-c2cc(Cl)c(Cl)cc2[C@@H]2OCCNC[C@H]2CS(=O)(=O)c2ccccc2C(=O)O)ccc1SC[C@@H]1CNCCO[C@H]1c1ccc(Cl)c(Cl)c1. The van der Waals surface area contributed by atoms with Crippen LogP contribution in [0.5, 0.6) is 0 Å². The second kappa shape index (κ2) is 17.9.